The zero-order valence-corrected chi connectivity index (χ0v) is 12.9. The van der Waals surface area contributed by atoms with Crippen LogP contribution in [0.2, 0.25) is 0 Å². The molecule has 0 radical (unpaired) electrons. The summed E-state index contributed by atoms with van der Waals surface area (Å²) in [6.45, 7) is 5.94. The van der Waals surface area contributed by atoms with Crippen LogP contribution in [-0.4, -0.2) is 62.1 Å². The van der Waals surface area contributed by atoms with E-state index >= 15 is 0 Å². The number of hydrogen-bond acceptors (Lipinski definition) is 4. The van der Waals surface area contributed by atoms with Gasteiger partial charge in [-0.2, -0.15) is 0 Å². The van der Waals surface area contributed by atoms with E-state index in [0.717, 1.165) is 19.5 Å². The molecule has 120 valence electrons. The molecule has 2 fully saturated rings. The van der Waals surface area contributed by atoms with Gasteiger partial charge in [0.05, 0.1) is 12.7 Å². The minimum atomic E-state index is -0.0783. The van der Waals surface area contributed by atoms with E-state index < -0.39 is 0 Å². The number of morpholine rings is 1. The third-order valence-corrected chi connectivity index (χ3v) is 4.30. The van der Waals surface area contributed by atoms with Gasteiger partial charge in [-0.25, -0.2) is 0 Å². The Bertz CT molecular complexity index is 356. The van der Waals surface area contributed by atoms with E-state index in [1.807, 2.05) is 4.90 Å². The van der Waals surface area contributed by atoms with Crippen molar-refractivity contribution in [2.45, 2.75) is 38.7 Å². The van der Waals surface area contributed by atoms with Crippen LogP contribution in [0.3, 0.4) is 0 Å². The summed E-state index contributed by atoms with van der Waals surface area (Å²) >= 11 is 0. The summed E-state index contributed by atoms with van der Waals surface area (Å²) in [5, 5.41) is 6.10. The lowest BCUT2D eigenvalue weighted by Crippen LogP contribution is -2.49. The third kappa shape index (κ3) is 5.63. The molecule has 0 spiro atoms. The van der Waals surface area contributed by atoms with E-state index in [4.69, 9.17) is 4.74 Å². The molecule has 6 heteroatoms. The number of carbonyl (C=O) groups excluding carboxylic acids is 2. The Balaban J connectivity index is 1.69. The lowest BCUT2D eigenvalue weighted by atomic mass is 9.93. The Hall–Kier alpha value is -1.14. The minimum Gasteiger partial charge on any atom is -0.373 e. The quantitative estimate of drug-likeness (QED) is 0.757. The number of amides is 2. The molecule has 0 saturated carbocycles. The maximum Gasteiger partial charge on any atom is 0.222 e. The molecular formula is C15H27N3O3. The largest absolute Gasteiger partial charge is 0.373 e. The maximum atomic E-state index is 12.3. The van der Waals surface area contributed by atoms with Crippen LogP contribution in [-0.2, 0) is 14.3 Å². The van der Waals surface area contributed by atoms with Gasteiger partial charge in [0.25, 0.3) is 0 Å². The normalized spacial score (nSPS) is 23.9. The Labute approximate surface area is 126 Å². The van der Waals surface area contributed by atoms with Crippen molar-refractivity contribution in [2.75, 3.05) is 39.3 Å². The average Bonchev–Trinajstić information content (AvgIpc) is 2.52. The van der Waals surface area contributed by atoms with E-state index in [-0.39, 0.29) is 17.9 Å². The minimum absolute atomic E-state index is 0.0621. The Morgan fingerprint density at radius 3 is 2.81 bits per heavy atom. The van der Waals surface area contributed by atoms with Gasteiger partial charge in [0.1, 0.15) is 0 Å². The lowest BCUT2D eigenvalue weighted by molar-refractivity contribution is -0.139. The monoisotopic (exact) mass is 297 g/mol. The van der Waals surface area contributed by atoms with Crippen LogP contribution in [0.15, 0.2) is 0 Å². The molecule has 21 heavy (non-hydrogen) atoms. The smallest absolute Gasteiger partial charge is 0.222 e. The van der Waals surface area contributed by atoms with Gasteiger partial charge in [0.15, 0.2) is 0 Å². The van der Waals surface area contributed by atoms with Gasteiger partial charge < -0.3 is 20.3 Å². The predicted octanol–water partition coefficient (Wildman–Crippen LogP) is 0.130. The summed E-state index contributed by atoms with van der Waals surface area (Å²) in [7, 11) is 0. The molecule has 2 saturated heterocycles. The van der Waals surface area contributed by atoms with Gasteiger partial charge in [0.2, 0.25) is 11.8 Å². The first-order valence-corrected chi connectivity index (χ1v) is 7.99. The Morgan fingerprint density at radius 1 is 1.33 bits per heavy atom. The molecule has 1 unspecified atom stereocenters. The summed E-state index contributed by atoms with van der Waals surface area (Å²) < 4.78 is 5.59. The predicted molar refractivity (Wildman–Crippen MR) is 79.8 cm³/mol. The molecule has 2 N–H and O–H groups in total. The van der Waals surface area contributed by atoms with E-state index in [9.17, 15) is 9.59 Å². The maximum absolute atomic E-state index is 12.3. The van der Waals surface area contributed by atoms with Crippen LogP contribution in [0, 0.1) is 5.92 Å². The molecule has 6 nitrogen and oxygen atoms in total. The van der Waals surface area contributed by atoms with Crippen molar-refractivity contribution in [1.29, 1.82) is 0 Å². The molecule has 2 amide bonds. The molecule has 1 atom stereocenters. The van der Waals surface area contributed by atoms with Gasteiger partial charge >= 0.3 is 0 Å². The fourth-order valence-electron chi connectivity index (χ4n) is 2.98. The van der Waals surface area contributed by atoms with E-state index in [1.165, 1.54) is 19.8 Å². The number of piperidine rings is 1. The number of rotatable bonds is 5. The van der Waals surface area contributed by atoms with Crippen LogP contribution in [0.4, 0.5) is 0 Å². The number of nitrogens with zero attached hydrogens (tertiary/aromatic N) is 1. The lowest BCUT2D eigenvalue weighted by Gasteiger charge is -2.33. The summed E-state index contributed by atoms with van der Waals surface area (Å²) in [5.41, 5.74) is 0. The molecule has 0 bridgehead atoms. The van der Waals surface area contributed by atoms with Gasteiger partial charge in [0, 0.05) is 33.0 Å². The number of nitrogens with one attached hydrogen (secondary N) is 2. The van der Waals surface area contributed by atoms with Crippen molar-refractivity contribution in [3.05, 3.63) is 0 Å². The topological polar surface area (TPSA) is 70.7 Å². The number of hydrogen-bond donors (Lipinski definition) is 2. The van der Waals surface area contributed by atoms with Crippen molar-refractivity contribution >= 4 is 11.8 Å². The van der Waals surface area contributed by atoms with Crippen molar-refractivity contribution < 1.29 is 14.3 Å². The molecule has 2 aliphatic rings. The summed E-state index contributed by atoms with van der Waals surface area (Å²) in [6.07, 6.45) is 3.92. The molecular weight excluding hydrogens is 270 g/mol. The van der Waals surface area contributed by atoms with Crippen molar-refractivity contribution in [1.82, 2.24) is 15.5 Å². The van der Waals surface area contributed by atoms with E-state index in [2.05, 4.69) is 10.6 Å². The highest BCUT2D eigenvalue weighted by molar-refractivity contribution is 5.76. The summed E-state index contributed by atoms with van der Waals surface area (Å²) in [6, 6.07) is 0. The third-order valence-electron chi connectivity index (χ3n) is 4.30. The molecule has 2 heterocycles. The Morgan fingerprint density at radius 2 is 2.10 bits per heavy atom. The van der Waals surface area contributed by atoms with Crippen LogP contribution < -0.4 is 10.6 Å². The second-order valence-electron chi connectivity index (χ2n) is 6.00. The highest BCUT2D eigenvalue weighted by atomic mass is 16.5. The van der Waals surface area contributed by atoms with Crippen LogP contribution in [0.25, 0.3) is 0 Å². The van der Waals surface area contributed by atoms with Crippen LogP contribution in [0.5, 0.6) is 0 Å². The SMILES string of the molecule is CC(=O)NCC1CN(C(=O)CCC2CCNCC2)CCO1. The first-order valence-electron chi connectivity index (χ1n) is 7.99. The van der Waals surface area contributed by atoms with E-state index in [0.29, 0.717) is 38.6 Å². The zero-order valence-electron chi connectivity index (χ0n) is 12.9. The van der Waals surface area contributed by atoms with E-state index in [1.54, 1.807) is 0 Å². The Kier molecular flexibility index (Phi) is 6.45. The first-order chi connectivity index (χ1) is 10.1. The molecule has 0 aromatic carbocycles. The molecule has 0 aromatic rings. The number of carbonyl (C=O) groups is 2. The van der Waals surface area contributed by atoms with Crippen LogP contribution >= 0.6 is 0 Å². The van der Waals surface area contributed by atoms with Gasteiger partial charge in [-0.1, -0.05) is 0 Å². The second-order valence-corrected chi connectivity index (χ2v) is 6.00. The number of ether oxygens (including phenoxy) is 1. The molecule has 2 aliphatic heterocycles. The van der Waals surface area contributed by atoms with Gasteiger partial charge in [-0.05, 0) is 38.3 Å². The molecule has 2 rings (SSSR count). The molecule has 0 aromatic heterocycles. The molecule has 0 aliphatic carbocycles. The standard InChI is InChI=1S/C15H27N3O3/c1-12(19)17-10-14-11-18(8-9-21-14)15(20)3-2-13-4-6-16-7-5-13/h13-14,16H,2-11H2,1H3,(H,17,19). The van der Waals surface area contributed by atoms with Gasteiger partial charge in [-0.15, -0.1) is 0 Å². The van der Waals surface area contributed by atoms with Crippen molar-refractivity contribution in [2.24, 2.45) is 5.92 Å². The second kappa shape index (κ2) is 8.34. The highest BCUT2D eigenvalue weighted by Crippen LogP contribution is 2.19. The van der Waals surface area contributed by atoms with Crippen LogP contribution in [0.1, 0.15) is 32.6 Å². The van der Waals surface area contributed by atoms with Gasteiger partial charge in [-0.3, -0.25) is 9.59 Å². The average molecular weight is 297 g/mol. The zero-order chi connectivity index (χ0) is 15.1. The van der Waals surface area contributed by atoms with Crippen molar-refractivity contribution in [3.8, 4) is 0 Å². The summed E-state index contributed by atoms with van der Waals surface area (Å²) in [4.78, 5) is 25.1. The fraction of sp³-hybridized carbons (Fsp3) is 0.867. The first kappa shape index (κ1) is 16.2. The highest BCUT2D eigenvalue weighted by Gasteiger charge is 2.25. The fourth-order valence-corrected chi connectivity index (χ4v) is 2.98. The van der Waals surface area contributed by atoms with Crippen molar-refractivity contribution in [3.63, 3.8) is 0 Å². The summed E-state index contributed by atoms with van der Waals surface area (Å²) in [5.74, 6) is 0.851.